The normalized spacial score (nSPS) is 12.9. The Morgan fingerprint density at radius 3 is 2.60 bits per heavy atom. The zero-order valence-electron chi connectivity index (χ0n) is 10.5. The molecule has 0 fully saturated rings. The molecule has 1 atom stereocenters. The quantitative estimate of drug-likeness (QED) is 0.350. The van der Waals surface area contributed by atoms with Gasteiger partial charge in [-0.3, -0.25) is 20.2 Å². The number of nitro benzene ring substituents is 1. The first-order chi connectivity index (χ1) is 9.27. The molecule has 0 aliphatic heterocycles. The van der Waals surface area contributed by atoms with Crippen LogP contribution in [0.15, 0.2) is 23.1 Å². The van der Waals surface area contributed by atoms with Crippen LogP contribution in [0.1, 0.15) is 0 Å². The molecule has 0 saturated heterocycles. The first kappa shape index (κ1) is 16.5. The minimum atomic E-state index is -3.89. The van der Waals surface area contributed by atoms with Gasteiger partial charge >= 0.3 is 0 Å². The van der Waals surface area contributed by atoms with Crippen LogP contribution in [-0.2, 0) is 20.8 Å². The van der Waals surface area contributed by atoms with E-state index in [0.29, 0.717) is 0 Å². The lowest BCUT2D eigenvalue weighted by molar-refractivity contribution is -0.384. The van der Waals surface area contributed by atoms with Gasteiger partial charge in [0.25, 0.3) is 5.69 Å². The number of rotatable bonds is 7. The van der Waals surface area contributed by atoms with Crippen LogP contribution in [-0.4, -0.2) is 36.1 Å². The molecule has 112 valence electrons. The number of hydrogen-bond acceptors (Lipinski definition) is 7. The largest absolute Gasteiger partial charge is 0.323 e. The average Bonchev–Trinajstić information content (AvgIpc) is 2.37. The van der Waals surface area contributed by atoms with Gasteiger partial charge in [0.05, 0.1) is 10.6 Å². The van der Waals surface area contributed by atoms with E-state index < -0.39 is 25.7 Å². The van der Waals surface area contributed by atoms with Crippen LogP contribution in [0.2, 0.25) is 0 Å². The van der Waals surface area contributed by atoms with Gasteiger partial charge in [0, 0.05) is 41.5 Å². The number of nitrogens with two attached hydrogens (primary N) is 1. The first-order valence-corrected chi connectivity index (χ1v) is 8.53. The molecule has 1 aromatic rings. The maximum absolute atomic E-state index is 12.0. The topological polar surface area (TPSA) is 144 Å². The summed E-state index contributed by atoms with van der Waals surface area (Å²) in [6, 6.07) is 3.17. The SMILES string of the molecule is CS(=O)CCNS(=O)(=O)c1ccc([N+](=O)[O-])cc1NN. The molecule has 0 aliphatic carbocycles. The fourth-order valence-corrected chi connectivity index (χ4v) is 3.08. The number of nitrogens with one attached hydrogen (secondary N) is 2. The summed E-state index contributed by atoms with van der Waals surface area (Å²) in [5.41, 5.74) is 1.73. The Morgan fingerprint density at radius 2 is 2.10 bits per heavy atom. The monoisotopic (exact) mass is 322 g/mol. The van der Waals surface area contributed by atoms with Crippen LogP contribution in [0.25, 0.3) is 0 Å². The van der Waals surface area contributed by atoms with E-state index in [0.717, 1.165) is 18.2 Å². The number of non-ortho nitro benzene ring substituents is 1. The Kier molecular flexibility index (Phi) is 5.56. The average molecular weight is 322 g/mol. The van der Waals surface area contributed by atoms with Crippen molar-refractivity contribution in [1.82, 2.24) is 4.72 Å². The summed E-state index contributed by atoms with van der Waals surface area (Å²) >= 11 is 0. The molecule has 1 rings (SSSR count). The molecular formula is C9H14N4O5S2. The van der Waals surface area contributed by atoms with E-state index in [-0.39, 0.29) is 28.6 Å². The Morgan fingerprint density at radius 1 is 1.45 bits per heavy atom. The Labute approximate surface area is 118 Å². The summed E-state index contributed by atoms with van der Waals surface area (Å²) in [5, 5.41) is 10.6. The molecule has 0 heterocycles. The van der Waals surface area contributed by atoms with Crippen molar-refractivity contribution in [2.75, 3.05) is 24.0 Å². The highest BCUT2D eigenvalue weighted by atomic mass is 32.2. The minimum Gasteiger partial charge on any atom is -0.323 e. The van der Waals surface area contributed by atoms with Crippen LogP contribution in [0.3, 0.4) is 0 Å². The van der Waals surface area contributed by atoms with Crippen molar-refractivity contribution >= 4 is 32.2 Å². The van der Waals surface area contributed by atoms with E-state index in [1.807, 2.05) is 0 Å². The first-order valence-electron chi connectivity index (χ1n) is 5.32. The molecule has 0 aliphatic rings. The molecule has 1 aromatic carbocycles. The fraction of sp³-hybridized carbons (Fsp3) is 0.333. The maximum atomic E-state index is 12.0. The van der Waals surface area contributed by atoms with Crippen molar-refractivity contribution in [2.24, 2.45) is 5.84 Å². The summed E-state index contributed by atoms with van der Waals surface area (Å²) in [5.74, 6) is 5.34. The number of benzene rings is 1. The zero-order valence-corrected chi connectivity index (χ0v) is 12.2. The van der Waals surface area contributed by atoms with Crippen LogP contribution in [0, 0.1) is 10.1 Å². The van der Waals surface area contributed by atoms with E-state index in [1.54, 1.807) is 0 Å². The van der Waals surface area contributed by atoms with Gasteiger partial charge in [0.1, 0.15) is 4.90 Å². The summed E-state index contributed by atoms with van der Waals surface area (Å²) in [4.78, 5) is 9.74. The third kappa shape index (κ3) is 4.23. The fourth-order valence-electron chi connectivity index (χ4n) is 1.38. The molecule has 1 unspecified atom stereocenters. The van der Waals surface area contributed by atoms with Gasteiger partial charge in [-0.2, -0.15) is 0 Å². The standard InChI is InChI=1S/C9H14N4O5S2/c1-19(16)5-4-11-20(17,18)9-3-2-7(13(14)15)6-8(9)12-10/h2-3,6,11-12H,4-5,10H2,1H3. The van der Waals surface area contributed by atoms with Gasteiger partial charge in [-0.25, -0.2) is 13.1 Å². The molecular weight excluding hydrogens is 308 g/mol. The predicted molar refractivity (Wildman–Crippen MR) is 75.0 cm³/mol. The summed E-state index contributed by atoms with van der Waals surface area (Å²) in [7, 11) is -5.02. The highest BCUT2D eigenvalue weighted by Crippen LogP contribution is 2.25. The summed E-state index contributed by atoms with van der Waals surface area (Å²) in [6.07, 6.45) is 1.45. The smallest absolute Gasteiger partial charge is 0.271 e. The van der Waals surface area contributed by atoms with Crippen molar-refractivity contribution in [3.63, 3.8) is 0 Å². The number of nitrogen functional groups attached to an aromatic ring is 1. The molecule has 0 radical (unpaired) electrons. The Balaban J connectivity index is 3.05. The lowest BCUT2D eigenvalue weighted by atomic mass is 10.3. The number of hydrogen-bond donors (Lipinski definition) is 3. The van der Waals surface area contributed by atoms with Crippen molar-refractivity contribution in [2.45, 2.75) is 4.90 Å². The predicted octanol–water partition coefficient (Wildman–Crippen LogP) is -0.463. The highest BCUT2D eigenvalue weighted by Gasteiger charge is 2.20. The van der Waals surface area contributed by atoms with Gasteiger partial charge in [0.2, 0.25) is 10.0 Å². The second-order valence-corrected chi connectivity index (χ2v) is 7.05. The van der Waals surface area contributed by atoms with Crippen molar-refractivity contribution in [3.8, 4) is 0 Å². The van der Waals surface area contributed by atoms with Crippen LogP contribution in [0.5, 0.6) is 0 Å². The molecule has 11 heteroatoms. The van der Waals surface area contributed by atoms with Crippen LogP contribution >= 0.6 is 0 Å². The third-order valence-electron chi connectivity index (χ3n) is 2.30. The Bertz CT molecular complexity index is 631. The summed E-state index contributed by atoms with van der Waals surface area (Å²) in [6.45, 7) is -0.00750. The molecule has 0 saturated carbocycles. The number of sulfonamides is 1. The Hall–Kier alpha value is -1.56. The van der Waals surface area contributed by atoms with Gasteiger partial charge in [0.15, 0.2) is 0 Å². The second kappa shape index (κ2) is 6.74. The number of nitrogens with zero attached hydrogens (tertiary/aromatic N) is 1. The zero-order chi connectivity index (χ0) is 15.3. The van der Waals surface area contributed by atoms with Crippen LogP contribution in [0.4, 0.5) is 11.4 Å². The van der Waals surface area contributed by atoms with Gasteiger partial charge in [-0.1, -0.05) is 0 Å². The van der Waals surface area contributed by atoms with Gasteiger partial charge in [-0.15, -0.1) is 0 Å². The van der Waals surface area contributed by atoms with Gasteiger partial charge in [-0.05, 0) is 6.07 Å². The van der Waals surface area contributed by atoms with E-state index in [4.69, 9.17) is 5.84 Å². The summed E-state index contributed by atoms with van der Waals surface area (Å²) < 4.78 is 37.1. The third-order valence-corrected chi connectivity index (χ3v) is 4.60. The highest BCUT2D eigenvalue weighted by molar-refractivity contribution is 7.89. The molecule has 20 heavy (non-hydrogen) atoms. The van der Waals surface area contributed by atoms with Crippen LogP contribution < -0.4 is 16.0 Å². The van der Waals surface area contributed by atoms with Crippen molar-refractivity contribution in [1.29, 1.82) is 0 Å². The van der Waals surface area contributed by atoms with E-state index in [1.165, 1.54) is 6.26 Å². The van der Waals surface area contributed by atoms with E-state index in [9.17, 15) is 22.7 Å². The molecule has 0 spiro atoms. The second-order valence-electron chi connectivity index (χ2n) is 3.76. The maximum Gasteiger partial charge on any atom is 0.271 e. The lowest BCUT2D eigenvalue weighted by Crippen LogP contribution is -2.28. The lowest BCUT2D eigenvalue weighted by Gasteiger charge is -2.10. The molecule has 4 N–H and O–H groups in total. The van der Waals surface area contributed by atoms with Crippen molar-refractivity contribution in [3.05, 3.63) is 28.3 Å². The minimum absolute atomic E-state index is 0.00750. The van der Waals surface area contributed by atoms with Crippen molar-refractivity contribution < 1.29 is 17.6 Å². The number of anilines is 1. The van der Waals surface area contributed by atoms with Gasteiger partial charge < -0.3 is 5.43 Å². The number of nitro groups is 1. The molecule has 0 aromatic heterocycles. The van der Waals surface area contributed by atoms with E-state index in [2.05, 4.69) is 10.1 Å². The van der Waals surface area contributed by atoms with E-state index >= 15 is 0 Å². The molecule has 0 amide bonds. The number of hydrazine groups is 1. The molecule has 9 nitrogen and oxygen atoms in total. The molecule has 0 bridgehead atoms.